The van der Waals surface area contributed by atoms with E-state index >= 15 is 0 Å². The molecule has 1 saturated carbocycles. The summed E-state index contributed by atoms with van der Waals surface area (Å²) in [6, 6.07) is 9.55. The zero-order valence-corrected chi connectivity index (χ0v) is 11.4. The minimum absolute atomic E-state index is 0.520. The Kier molecular flexibility index (Phi) is 4.22. The summed E-state index contributed by atoms with van der Waals surface area (Å²) in [6.07, 6.45) is 5.40. The Morgan fingerprint density at radius 2 is 1.94 bits per heavy atom. The molecule has 1 nitrogen and oxygen atoms in total. The summed E-state index contributed by atoms with van der Waals surface area (Å²) in [5.74, 6) is 1.57. The van der Waals surface area contributed by atoms with Gasteiger partial charge in [-0.3, -0.25) is 0 Å². The number of benzene rings is 1. The van der Waals surface area contributed by atoms with Gasteiger partial charge in [-0.15, -0.1) is 0 Å². The van der Waals surface area contributed by atoms with Gasteiger partial charge >= 0.3 is 0 Å². The molecule has 1 aromatic rings. The van der Waals surface area contributed by atoms with Crippen LogP contribution < -0.4 is 5.32 Å². The normalized spacial score (nSPS) is 18.1. The van der Waals surface area contributed by atoms with Gasteiger partial charge in [0.2, 0.25) is 0 Å². The molecule has 0 aliphatic heterocycles. The third-order valence-corrected chi connectivity index (χ3v) is 3.97. The van der Waals surface area contributed by atoms with E-state index in [2.05, 4.69) is 50.5 Å². The van der Waals surface area contributed by atoms with Crippen LogP contribution in [0.4, 0.5) is 0 Å². The second-order valence-corrected chi connectivity index (χ2v) is 5.73. The summed E-state index contributed by atoms with van der Waals surface area (Å²) < 4.78 is 0. The molecule has 0 bridgehead atoms. The maximum Gasteiger partial charge on any atom is 0.0322 e. The zero-order chi connectivity index (χ0) is 12.3. The van der Waals surface area contributed by atoms with Gasteiger partial charge in [0.15, 0.2) is 0 Å². The van der Waals surface area contributed by atoms with Crippen molar-refractivity contribution in [2.45, 2.75) is 51.5 Å². The highest BCUT2D eigenvalue weighted by Gasteiger charge is 2.24. The first-order valence-corrected chi connectivity index (χ1v) is 6.98. The first-order chi connectivity index (χ1) is 8.22. The molecule has 1 aliphatic carbocycles. The lowest BCUT2D eigenvalue weighted by atomic mass is 9.76. The van der Waals surface area contributed by atoms with Gasteiger partial charge in [0.05, 0.1) is 0 Å². The number of rotatable bonds is 5. The van der Waals surface area contributed by atoms with Crippen LogP contribution in [0.5, 0.6) is 0 Å². The minimum Gasteiger partial charge on any atom is -0.313 e. The smallest absolute Gasteiger partial charge is 0.0322 e. The van der Waals surface area contributed by atoms with E-state index in [1.807, 2.05) is 0 Å². The Bertz CT molecular complexity index is 352. The van der Waals surface area contributed by atoms with Gasteiger partial charge in [0.25, 0.3) is 0 Å². The van der Waals surface area contributed by atoms with E-state index in [-0.39, 0.29) is 0 Å². The molecular formula is C16H25N. The third-order valence-electron chi connectivity index (χ3n) is 3.97. The van der Waals surface area contributed by atoms with Crippen molar-refractivity contribution in [3.05, 3.63) is 35.4 Å². The molecule has 94 valence electrons. The number of hydrogen-bond acceptors (Lipinski definition) is 1. The molecule has 1 heteroatoms. The molecule has 0 radical (unpaired) electrons. The van der Waals surface area contributed by atoms with Crippen LogP contribution in [0, 0.1) is 5.92 Å². The van der Waals surface area contributed by atoms with E-state index in [1.165, 1.54) is 31.2 Å². The molecule has 0 spiro atoms. The molecule has 17 heavy (non-hydrogen) atoms. The van der Waals surface area contributed by atoms with Crippen LogP contribution in [0.25, 0.3) is 0 Å². The highest BCUT2D eigenvalue weighted by Crippen LogP contribution is 2.40. The predicted molar refractivity (Wildman–Crippen MR) is 74.3 cm³/mol. The van der Waals surface area contributed by atoms with Crippen LogP contribution in [0.3, 0.4) is 0 Å². The molecule has 1 fully saturated rings. The van der Waals surface area contributed by atoms with Gasteiger partial charge in [0.1, 0.15) is 0 Å². The summed E-state index contributed by atoms with van der Waals surface area (Å²) in [7, 11) is 2.09. The Morgan fingerprint density at radius 1 is 1.24 bits per heavy atom. The van der Waals surface area contributed by atoms with Crippen molar-refractivity contribution in [2.75, 3.05) is 7.05 Å². The van der Waals surface area contributed by atoms with Crippen LogP contribution in [0.1, 0.15) is 62.6 Å². The Labute approximate surface area is 106 Å². The fourth-order valence-corrected chi connectivity index (χ4v) is 2.79. The summed E-state index contributed by atoms with van der Waals surface area (Å²) in [5, 5.41) is 3.49. The molecule has 0 heterocycles. The Morgan fingerprint density at radius 3 is 2.47 bits per heavy atom. The standard InChI is InChI=1S/C16H25N/c1-12(2)11-16(17-3)15-10-5-4-9-14(15)13-7-6-8-13/h4-5,9-10,12-13,16-17H,6-8,11H2,1-3H3. The topological polar surface area (TPSA) is 12.0 Å². The highest BCUT2D eigenvalue weighted by molar-refractivity contribution is 5.34. The molecule has 1 unspecified atom stereocenters. The van der Waals surface area contributed by atoms with Crippen molar-refractivity contribution in [1.29, 1.82) is 0 Å². The summed E-state index contributed by atoms with van der Waals surface area (Å²) in [6.45, 7) is 4.60. The van der Waals surface area contributed by atoms with Gasteiger partial charge in [-0.25, -0.2) is 0 Å². The van der Waals surface area contributed by atoms with E-state index in [1.54, 1.807) is 5.56 Å². The van der Waals surface area contributed by atoms with Crippen LogP contribution in [-0.4, -0.2) is 7.05 Å². The monoisotopic (exact) mass is 231 g/mol. The number of nitrogens with one attached hydrogen (secondary N) is 1. The molecule has 0 saturated heterocycles. The first kappa shape index (κ1) is 12.6. The summed E-state index contributed by atoms with van der Waals surface area (Å²) in [5.41, 5.74) is 3.13. The fourth-order valence-electron chi connectivity index (χ4n) is 2.79. The maximum atomic E-state index is 3.49. The number of hydrogen-bond donors (Lipinski definition) is 1. The molecule has 0 aromatic heterocycles. The Balaban J connectivity index is 2.22. The highest BCUT2D eigenvalue weighted by atomic mass is 14.9. The van der Waals surface area contributed by atoms with Gasteiger partial charge in [-0.05, 0) is 49.3 Å². The quantitative estimate of drug-likeness (QED) is 0.798. The van der Waals surface area contributed by atoms with Gasteiger partial charge in [0, 0.05) is 6.04 Å². The van der Waals surface area contributed by atoms with Crippen molar-refractivity contribution in [3.63, 3.8) is 0 Å². The molecular weight excluding hydrogens is 206 g/mol. The lowest BCUT2D eigenvalue weighted by molar-refractivity contribution is 0.403. The largest absolute Gasteiger partial charge is 0.313 e. The average molecular weight is 231 g/mol. The summed E-state index contributed by atoms with van der Waals surface area (Å²) in [4.78, 5) is 0. The lowest BCUT2D eigenvalue weighted by Crippen LogP contribution is -2.22. The lowest BCUT2D eigenvalue weighted by Gasteiger charge is -2.31. The molecule has 1 aromatic carbocycles. The van der Waals surface area contributed by atoms with Crippen molar-refractivity contribution < 1.29 is 0 Å². The Hall–Kier alpha value is -0.820. The first-order valence-electron chi connectivity index (χ1n) is 6.98. The molecule has 1 atom stereocenters. The van der Waals surface area contributed by atoms with E-state index < -0.39 is 0 Å². The average Bonchev–Trinajstić information content (AvgIpc) is 2.24. The van der Waals surface area contributed by atoms with Crippen molar-refractivity contribution in [2.24, 2.45) is 5.92 Å². The second-order valence-electron chi connectivity index (χ2n) is 5.73. The van der Waals surface area contributed by atoms with Crippen LogP contribution in [-0.2, 0) is 0 Å². The third kappa shape index (κ3) is 2.90. The SMILES string of the molecule is CNC(CC(C)C)c1ccccc1C1CCC1. The molecule has 0 amide bonds. The van der Waals surface area contributed by atoms with Crippen LogP contribution in [0.15, 0.2) is 24.3 Å². The minimum atomic E-state index is 0.520. The van der Waals surface area contributed by atoms with Gasteiger partial charge in [-0.1, -0.05) is 44.5 Å². The zero-order valence-electron chi connectivity index (χ0n) is 11.4. The van der Waals surface area contributed by atoms with Crippen molar-refractivity contribution >= 4 is 0 Å². The van der Waals surface area contributed by atoms with Gasteiger partial charge < -0.3 is 5.32 Å². The second kappa shape index (κ2) is 5.68. The van der Waals surface area contributed by atoms with Gasteiger partial charge in [-0.2, -0.15) is 0 Å². The van der Waals surface area contributed by atoms with Crippen molar-refractivity contribution in [1.82, 2.24) is 5.32 Å². The maximum absolute atomic E-state index is 3.49. The summed E-state index contributed by atoms with van der Waals surface area (Å²) >= 11 is 0. The molecule has 1 N–H and O–H groups in total. The molecule has 2 rings (SSSR count). The van der Waals surface area contributed by atoms with E-state index in [0.717, 1.165) is 11.8 Å². The van der Waals surface area contributed by atoms with Crippen LogP contribution >= 0.6 is 0 Å². The fraction of sp³-hybridized carbons (Fsp3) is 0.625. The van der Waals surface area contributed by atoms with Crippen molar-refractivity contribution in [3.8, 4) is 0 Å². The van der Waals surface area contributed by atoms with Crippen LogP contribution in [0.2, 0.25) is 0 Å². The van der Waals surface area contributed by atoms with E-state index in [0.29, 0.717) is 6.04 Å². The molecule has 1 aliphatic rings. The predicted octanol–water partition coefficient (Wildman–Crippen LogP) is 4.26. The van der Waals surface area contributed by atoms with E-state index in [4.69, 9.17) is 0 Å². The van der Waals surface area contributed by atoms with E-state index in [9.17, 15) is 0 Å².